The first kappa shape index (κ1) is 25.5. The maximum atomic E-state index is 12.8. The van der Waals surface area contributed by atoms with Crippen molar-refractivity contribution in [1.29, 1.82) is 0 Å². The first-order valence-electron chi connectivity index (χ1n) is 12.2. The Balaban J connectivity index is 1.68. The topological polar surface area (TPSA) is 97.0 Å². The Morgan fingerprint density at radius 1 is 1.05 bits per heavy atom. The van der Waals surface area contributed by atoms with E-state index >= 15 is 0 Å². The van der Waals surface area contributed by atoms with Gasteiger partial charge in [0.1, 0.15) is 0 Å². The number of aromatic nitrogens is 4. The Kier molecular flexibility index (Phi) is 6.47. The van der Waals surface area contributed by atoms with Crippen molar-refractivity contribution < 1.29 is 4.21 Å². The minimum Gasteiger partial charge on any atom is -0.269 e. The molecule has 0 fully saturated rings. The molecule has 0 saturated heterocycles. The molecule has 2 atom stereocenters. The maximum Gasteiger partial charge on any atom is 0.272 e. The van der Waals surface area contributed by atoms with Crippen LogP contribution in [0.4, 0.5) is 5.69 Å². The van der Waals surface area contributed by atoms with Gasteiger partial charge in [-0.3, -0.25) is 9.48 Å². The molecule has 5 aromatic rings. The Morgan fingerprint density at radius 3 is 2.55 bits per heavy atom. The number of aromatic amines is 1. The fourth-order valence-corrected chi connectivity index (χ4v) is 5.40. The number of benzene rings is 3. The lowest BCUT2D eigenvalue weighted by molar-refractivity contribution is 0.610. The van der Waals surface area contributed by atoms with Crippen LogP contribution in [-0.4, -0.2) is 28.9 Å². The molecule has 0 spiro atoms. The molecule has 3 aromatic carbocycles. The molecule has 2 heterocycles. The number of H-pyrrole nitrogens is 1. The van der Waals surface area contributed by atoms with Gasteiger partial charge in [-0.15, -0.1) is 0 Å². The van der Waals surface area contributed by atoms with E-state index in [1.807, 2.05) is 83.3 Å². The lowest BCUT2D eigenvalue weighted by Gasteiger charge is -2.22. The van der Waals surface area contributed by atoms with Crippen LogP contribution in [0.2, 0.25) is 0 Å². The van der Waals surface area contributed by atoms with Crippen molar-refractivity contribution in [3.63, 3.8) is 0 Å². The lowest BCUT2D eigenvalue weighted by Crippen LogP contribution is -2.35. The number of nitrogens with zero attached hydrogens (tertiary/aromatic N) is 4. The van der Waals surface area contributed by atoms with Crippen LogP contribution in [-0.2, 0) is 18.0 Å². The summed E-state index contributed by atoms with van der Waals surface area (Å²) in [4.78, 5) is 16.5. The zero-order chi connectivity index (χ0) is 27.2. The molecule has 0 amide bonds. The van der Waals surface area contributed by atoms with Crippen molar-refractivity contribution in [2.24, 2.45) is 7.05 Å². The molecular weight excluding hydrogens is 496 g/mol. The van der Waals surface area contributed by atoms with Crippen LogP contribution >= 0.6 is 0 Å². The average Bonchev–Trinajstić information content (AvgIpc) is 3.28. The van der Waals surface area contributed by atoms with Crippen molar-refractivity contribution in [2.75, 3.05) is 0 Å². The average molecular weight is 525 g/mol. The van der Waals surface area contributed by atoms with Gasteiger partial charge in [-0.2, -0.15) is 10.2 Å². The summed E-state index contributed by atoms with van der Waals surface area (Å²) >= 11 is 0. The normalized spacial score (nSPS) is 13.5. The molecule has 0 aliphatic heterocycles. The third-order valence-electron chi connectivity index (χ3n) is 6.59. The van der Waals surface area contributed by atoms with Crippen LogP contribution < -0.4 is 10.3 Å². The summed E-state index contributed by atoms with van der Waals surface area (Å²) in [7, 11) is 0.534. The quantitative estimate of drug-likeness (QED) is 0.284. The molecule has 192 valence electrons. The predicted molar refractivity (Wildman–Crippen MR) is 153 cm³/mol. The second-order valence-electron chi connectivity index (χ2n) is 10.2. The van der Waals surface area contributed by atoms with Gasteiger partial charge in [0.25, 0.3) is 5.56 Å². The fraction of sp³-hybridized carbons (Fsp3) is 0.241. The number of nitrogens with one attached hydrogen (secondary N) is 2. The van der Waals surface area contributed by atoms with Gasteiger partial charge in [-0.1, -0.05) is 42.5 Å². The van der Waals surface area contributed by atoms with Gasteiger partial charge in [-0.05, 0) is 56.2 Å². The first-order valence-corrected chi connectivity index (χ1v) is 13.4. The van der Waals surface area contributed by atoms with E-state index in [4.69, 9.17) is 6.57 Å². The van der Waals surface area contributed by atoms with E-state index in [9.17, 15) is 9.00 Å². The van der Waals surface area contributed by atoms with Crippen LogP contribution in [0.25, 0.3) is 48.8 Å². The minimum atomic E-state index is -1.32. The third kappa shape index (κ3) is 4.42. The monoisotopic (exact) mass is 524 g/mol. The van der Waals surface area contributed by atoms with Crippen molar-refractivity contribution in [1.82, 2.24) is 24.7 Å². The first-order chi connectivity index (χ1) is 18.1. The molecule has 0 aliphatic carbocycles. The van der Waals surface area contributed by atoms with E-state index in [0.29, 0.717) is 22.2 Å². The Labute approximate surface area is 223 Å². The van der Waals surface area contributed by atoms with E-state index in [2.05, 4.69) is 24.9 Å². The Morgan fingerprint density at radius 2 is 1.82 bits per heavy atom. The number of hydrogen-bond donors (Lipinski definition) is 2. The zero-order valence-electron chi connectivity index (χ0n) is 21.9. The maximum absolute atomic E-state index is 12.8. The highest BCUT2D eigenvalue weighted by atomic mass is 32.2. The number of rotatable bonds is 5. The number of aryl methyl sites for hydroxylation is 1. The number of fused-ring (bicyclic) bond motifs is 2. The van der Waals surface area contributed by atoms with E-state index in [-0.39, 0.29) is 11.6 Å². The molecular formula is C29H28N6O2S. The summed E-state index contributed by atoms with van der Waals surface area (Å²) in [5, 5.41) is 14.5. The molecule has 0 bridgehead atoms. The van der Waals surface area contributed by atoms with Crippen molar-refractivity contribution >= 4 is 38.2 Å². The second kappa shape index (κ2) is 9.63. The highest BCUT2D eigenvalue weighted by Crippen LogP contribution is 2.41. The Bertz CT molecular complexity index is 1820. The highest BCUT2D eigenvalue weighted by molar-refractivity contribution is 7.84. The summed E-state index contributed by atoms with van der Waals surface area (Å²) in [6.45, 7) is 15.5. The van der Waals surface area contributed by atoms with Gasteiger partial charge >= 0.3 is 0 Å². The molecule has 38 heavy (non-hydrogen) atoms. The summed E-state index contributed by atoms with van der Waals surface area (Å²) in [5.74, 6) is 0. The molecule has 0 radical (unpaired) electrons. The smallest absolute Gasteiger partial charge is 0.269 e. The van der Waals surface area contributed by atoms with Crippen molar-refractivity contribution in [2.45, 2.75) is 38.5 Å². The molecule has 2 N–H and O–H groups in total. The van der Waals surface area contributed by atoms with E-state index in [0.717, 1.165) is 33.2 Å². The molecule has 9 heteroatoms. The fourth-order valence-electron chi connectivity index (χ4n) is 4.61. The van der Waals surface area contributed by atoms with Crippen LogP contribution in [0.1, 0.15) is 39.4 Å². The SMILES string of the molecule is [C-]#[N+]c1c(-c2c(-c3ccc4c(=O)[nH]nc(C(C)NS(=O)C(C)(C)C)c4c3)cnn2C)ccc2ccccc12. The van der Waals surface area contributed by atoms with Crippen LogP contribution in [0.15, 0.2) is 65.6 Å². The van der Waals surface area contributed by atoms with Gasteiger partial charge < -0.3 is 0 Å². The summed E-state index contributed by atoms with van der Waals surface area (Å²) in [6, 6.07) is 17.0. The lowest BCUT2D eigenvalue weighted by atomic mass is 9.95. The second-order valence-corrected chi connectivity index (χ2v) is 12.2. The highest BCUT2D eigenvalue weighted by Gasteiger charge is 2.24. The zero-order valence-corrected chi connectivity index (χ0v) is 22.7. The molecule has 0 saturated carbocycles. The molecule has 2 aromatic heterocycles. The van der Waals surface area contributed by atoms with Crippen LogP contribution in [0.3, 0.4) is 0 Å². The van der Waals surface area contributed by atoms with E-state index in [1.165, 1.54) is 0 Å². The summed E-state index contributed by atoms with van der Waals surface area (Å²) in [6.07, 6.45) is 1.77. The van der Waals surface area contributed by atoms with Gasteiger partial charge in [0, 0.05) is 23.6 Å². The summed E-state index contributed by atoms with van der Waals surface area (Å²) < 4.78 is 17.2. The predicted octanol–water partition coefficient (Wildman–Crippen LogP) is 5.81. The van der Waals surface area contributed by atoms with Gasteiger partial charge in [0.2, 0.25) is 5.69 Å². The van der Waals surface area contributed by atoms with E-state index < -0.39 is 15.7 Å². The molecule has 8 nitrogen and oxygen atoms in total. The van der Waals surface area contributed by atoms with Crippen molar-refractivity contribution in [3.05, 3.63) is 88.3 Å². The number of hydrogen-bond acceptors (Lipinski definition) is 4. The van der Waals surface area contributed by atoms with Crippen LogP contribution in [0.5, 0.6) is 0 Å². The molecule has 2 unspecified atom stereocenters. The van der Waals surface area contributed by atoms with E-state index in [1.54, 1.807) is 16.9 Å². The standard InChI is InChI=1S/C29H28N6O2S/c1-17(34-38(37)29(2,3)4)25-23-15-19(12-13-21(23)28(36)33-32-25)24-16-31-35(6)27(24)22-14-11-18-9-7-8-10-20(18)26(22)30-5/h7-17,34H,1-4,6H3,(H,33,36). The largest absolute Gasteiger partial charge is 0.272 e. The summed E-state index contributed by atoms with van der Waals surface area (Å²) in [5.41, 5.74) is 4.12. The van der Waals surface area contributed by atoms with Gasteiger partial charge in [0.15, 0.2) is 0 Å². The van der Waals surface area contributed by atoms with Crippen LogP contribution in [0, 0.1) is 6.57 Å². The molecule has 5 rings (SSSR count). The van der Waals surface area contributed by atoms with Gasteiger partial charge in [0.05, 0.1) is 51.3 Å². The third-order valence-corrected chi connectivity index (χ3v) is 8.27. The van der Waals surface area contributed by atoms with Crippen molar-refractivity contribution in [3.8, 4) is 22.4 Å². The van der Waals surface area contributed by atoms with Gasteiger partial charge in [-0.25, -0.2) is 18.9 Å². The minimum absolute atomic E-state index is 0.296. The Hall–Kier alpha value is -4.13. The molecule has 0 aliphatic rings.